The van der Waals surface area contributed by atoms with E-state index in [0.29, 0.717) is 0 Å². The Hall–Kier alpha value is -2.12. The van der Waals surface area contributed by atoms with Crippen LogP contribution in [0.4, 0.5) is 11.8 Å². The van der Waals surface area contributed by atoms with Gasteiger partial charge in [-0.25, -0.2) is 0 Å². The molecule has 0 fully saturated rings. The summed E-state index contributed by atoms with van der Waals surface area (Å²) in [5.74, 6) is -1.10. The topological polar surface area (TPSA) is 110 Å². The van der Waals surface area contributed by atoms with Crippen LogP contribution in [0.15, 0.2) is 6.20 Å². The fraction of sp³-hybridized carbons (Fsp3) is 0.429. The summed E-state index contributed by atoms with van der Waals surface area (Å²) >= 11 is 0. The molecule has 1 aromatic heterocycles. The third kappa shape index (κ3) is 2.22. The summed E-state index contributed by atoms with van der Waals surface area (Å²) in [6.45, 7) is 1.42. The first-order valence-corrected chi connectivity index (χ1v) is 4.09. The number of aromatic nitrogens is 2. The van der Waals surface area contributed by atoms with Gasteiger partial charge in [0.05, 0.1) is 7.05 Å². The Morgan fingerprint density at radius 3 is 2.80 bits per heavy atom. The second-order valence-electron chi connectivity index (χ2n) is 2.96. The molecule has 0 aliphatic carbocycles. The Bertz CT molecular complexity index is 400. The molecule has 1 heterocycles. The van der Waals surface area contributed by atoms with Gasteiger partial charge in [0.2, 0.25) is 0 Å². The van der Waals surface area contributed by atoms with Crippen LogP contribution in [0.3, 0.4) is 0 Å². The Morgan fingerprint density at radius 1 is 1.80 bits per heavy atom. The molecule has 0 saturated heterocycles. The highest BCUT2D eigenvalue weighted by atomic mass is 16.6. The zero-order valence-electron chi connectivity index (χ0n) is 8.17. The van der Waals surface area contributed by atoms with Gasteiger partial charge < -0.3 is 20.5 Å². The van der Waals surface area contributed by atoms with Gasteiger partial charge in [-0.3, -0.25) is 4.79 Å². The summed E-state index contributed by atoms with van der Waals surface area (Å²) in [4.78, 5) is 24.1. The summed E-state index contributed by atoms with van der Waals surface area (Å²) in [5, 5.41) is 21.6. The average molecular weight is 214 g/mol. The first-order chi connectivity index (χ1) is 6.93. The van der Waals surface area contributed by atoms with Crippen molar-refractivity contribution in [1.29, 1.82) is 0 Å². The summed E-state index contributed by atoms with van der Waals surface area (Å²) in [7, 11) is 1.43. The molecule has 1 unspecified atom stereocenters. The number of carbonyl (C=O) groups is 1. The van der Waals surface area contributed by atoms with Crippen molar-refractivity contribution in [1.82, 2.24) is 9.55 Å². The number of rotatable bonds is 4. The van der Waals surface area contributed by atoms with Crippen LogP contribution in [0.5, 0.6) is 0 Å². The number of carboxylic acid groups (broad SMARTS) is 1. The number of anilines is 1. The summed E-state index contributed by atoms with van der Waals surface area (Å²) < 4.78 is 1.18. The molecule has 0 radical (unpaired) electrons. The number of nitrogens with one attached hydrogen (secondary N) is 1. The molecule has 0 amide bonds. The average Bonchev–Trinajstić information content (AvgIpc) is 2.48. The highest BCUT2D eigenvalue weighted by Crippen LogP contribution is 2.15. The molecule has 8 heteroatoms. The van der Waals surface area contributed by atoms with Gasteiger partial charge >= 0.3 is 11.8 Å². The zero-order chi connectivity index (χ0) is 11.6. The predicted octanol–water partition coefficient (Wildman–Crippen LogP) is 0.213. The first kappa shape index (κ1) is 11.0. The second-order valence-corrected chi connectivity index (χ2v) is 2.96. The Kier molecular flexibility index (Phi) is 2.88. The number of hydrogen-bond donors (Lipinski definition) is 2. The molecular weight excluding hydrogens is 204 g/mol. The maximum atomic E-state index is 10.5. The number of nitrogens with zero attached hydrogens (tertiary/aromatic N) is 3. The molecule has 2 N–H and O–H groups in total. The Morgan fingerprint density at radius 2 is 2.40 bits per heavy atom. The number of nitro groups is 1. The van der Waals surface area contributed by atoms with Crippen molar-refractivity contribution in [3.8, 4) is 0 Å². The van der Waals surface area contributed by atoms with Gasteiger partial charge in [-0.15, -0.1) is 0 Å². The van der Waals surface area contributed by atoms with Crippen molar-refractivity contribution >= 4 is 17.7 Å². The molecule has 1 atom stereocenters. The van der Waals surface area contributed by atoms with Gasteiger partial charge in [0.25, 0.3) is 5.95 Å². The van der Waals surface area contributed by atoms with Crippen molar-refractivity contribution < 1.29 is 14.8 Å². The fourth-order valence-corrected chi connectivity index (χ4v) is 0.960. The van der Waals surface area contributed by atoms with E-state index >= 15 is 0 Å². The maximum Gasteiger partial charge on any atom is 0.344 e. The molecule has 0 aromatic carbocycles. The quantitative estimate of drug-likeness (QED) is 0.547. The highest BCUT2D eigenvalue weighted by molar-refractivity contribution is 5.76. The van der Waals surface area contributed by atoms with Gasteiger partial charge in [-0.1, -0.05) is 0 Å². The molecule has 0 spiro atoms. The number of carboxylic acids is 1. The van der Waals surface area contributed by atoms with Crippen LogP contribution in [-0.4, -0.2) is 31.6 Å². The normalized spacial score (nSPS) is 12.1. The lowest BCUT2D eigenvalue weighted by Gasteiger charge is -2.06. The van der Waals surface area contributed by atoms with E-state index in [1.165, 1.54) is 18.5 Å². The van der Waals surface area contributed by atoms with Crippen molar-refractivity contribution in [3.05, 3.63) is 16.3 Å². The third-order valence-electron chi connectivity index (χ3n) is 1.87. The fourth-order valence-electron chi connectivity index (χ4n) is 0.960. The van der Waals surface area contributed by atoms with E-state index in [-0.39, 0.29) is 11.8 Å². The van der Waals surface area contributed by atoms with E-state index in [9.17, 15) is 14.9 Å². The van der Waals surface area contributed by atoms with Crippen molar-refractivity contribution in [2.75, 3.05) is 5.32 Å². The van der Waals surface area contributed by atoms with E-state index in [1.54, 1.807) is 0 Å². The van der Waals surface area contributed by atoms with Crippen LogP contribution >= 0.6 is 0 Å². The van der Waals surface area contributed by atoms with Gasteiger partial charge in [0.1, 0.15) is 12.2 Å². The van der Waals surface area contributed by atoms with Crippen LogP contribution in [0.1, 0.15) is 6.92 Å². The summed E-state index contributed by atoms with van der Waals surface area (Å²) in [6.07, 6.45) is 1.07. The molecule has 1 rings (SSSR count). The van der Waals surface area contributed by atoms with Gasteiger partial charge in [-0.2, -0.15) is 9.55 Å². The highest BCUT2D eigenvalue weighted by Gasteiger charge is 2.20. The molecule has 8 nitrogen and oxygen atoms in total. The molecule has 0 bridgehead atoms. The lowest BCUT2D eigenvalue weighted by molar-refractivity contribution is -0.391. The standard InChI is InChI=1S/C7H10N4O4/c1-4(6(12)13)9-7-8-3-5(10(7)2)11(14)15/h3-4H,1-2H3,(H,8,9)(H,12,13). The van der Waals surface area contributed by atoms with Crippen LogP contribution < -0.4 is 5.32 Å². The third-order valence-corrected chi connectivity index (χ3v) is 1.87. The van der Waals surface area contributed by atoms with Crippen LogP contribution in [0, 0.1) is 10.1 Å². The smallest absolute Gasteiger partial charge is 0.344 e. The van der Waals surface area contributed by atoms with Gasteiger partial charge in [0.15, 0.2) is 0 Å². The molecule has 82 valence electrons. The van der Waals surface area contributed by atoms with E-state index in [1.807, 2.05) is 0 Å². The second kappa shape index (κ2) is 3.95. The number of aliphatic carboxylic acids is 1. The minimum atomic E-state index is -1.05. The van der Waals surface area contributed by atoms with Crippen LogP contribution in [-0.2, 0) is 11.8 Å². The van der Waals surface area contributed by atoms with Crippen LogP contribution in [0.25, 0.3) is 0 Å². The maximum absolute atomic E-state index is 10.5. The summed E-state index contributed by atoms with van der Waals surface area (Å²) in [6, 6.07) is -0.856. The molecule has 1 aromatic rings. The molecule has 0 aliphatic heterocycles. The Labute approximate surface area is 84.7 Å². The van der Waals surface area contributed by atoms with Crippen LogP contribution in [0.2, 0.25) is 0 Å². The zero-order valence-corrected chi connectivity index (χ0v) is 8.17. The van der Waals surface area contributed by atoms with E-state index in [2.05, 4.69) is 10.3 Å². The lowest BCUT2D eigenvalue weighted by atomic mass is 10.3. The Balaban J connectivity index is 2.88. The lowest BCUT2D eigenvalue weighted by Crippen LogP contribution is -2.26. The molecule has 0 aliphatic rings. The van der Waals surface area contributed by atoms with Gasteiger partial charge in [0, 0.05) is 0 Å². The largest absolute Gasteiger partial charge is 0.480 e. The summed E-state index contributed by atoms with van der Waals surface area (Å²) in [5.41, 5.74) is 0. The molecular formula is C7H10N4O4. The SMILES string of the molecule is CC(Nc1ncc([N+](=O)[O-])n1C)C(=O)O. The predicted molar refractivity (Wildman–Crippen MR) is 50.6 cm³/mol. The first-order valence-electron chi connectivity index (χ1n) is 4.09. The number of hydrogen-bond acceptors (Lipinski definition) is 5. The van der Waals surface area contributed by atoms with E-state index in [4.69, 9.17) is 5.11 Å². The van der Waals surface area contributed by atoms with Gasteiger partial charge in [-0.05, 0) is 11.8 Å². The van der Waals surface area contributed by atoms with Crippen molar-refractivity contribution in [2.24, 2.45) is 7.05 Å². The minimum absolute atomic E-state index is 0.150. The molecule has 15 heavy (non-hydrogen) atoms. The minimum Gasteiger partial charge on any atom is -0.480 e. The van der Waals surface area contributed by atoms with E-state index in [0.717, 1.165) is 6.20 Å². The monoisotopic (exact) mass is 214 g/mol. The van der Waals surface area contributed by atoms with Crippen molar-refractivity contribution in [2.45, 2.75) is 13.0 Å². The van der Waals surface area contributed by atoms with E-state index < -0.39 is 16.9 Å². The molecule has 0 saturated carbocycles. The van der Waals surface area contributed by atoms with Crippen molar-refractivity contribution in [3.63, 3.8) is 0 Å². The number of imidazole rings is 1.